The average Bonchev–Trinajstić information content (AvgIpc) is 3.17. The van der Waals surface area contributed by atoms with Gasteiger partial charge in [-0.25, -0.2) is 9.67 Å². The Kier molecular flexibility index (Phi) is 5.41. The van der Waals surface area contributed by atoms with Gasteiger partial charge < -0.3 is 0 Å². The first-order chi connectivity index (χ1) is 12.0. The smallest absolute Gasteiger partial charge is 0.277 e. The number of anilines is 1. The maximum Gasteiger partial charge on any atom is 0.277 e. The lowest BCUT2D eigenvalue weighted by Gasteiger charge is -2.05. The van der Waals surface area contributed by atoms with Crippen molar-refractivity contribution in [2.45, 2.75) is 20.0 Å². The van der Waals surface area contributed by atoms with Crippen molar-refractivity contribution in [1.82, 2.24) is 24.5 Å². The van der Waals surface area contributed by atoms with Crippen LogP contribution < -0.4 is 5.32 Å². The van der Waals surface area contributed by atoms with Crippen LogP contribution in [0.4, 0.5) is 5.95 Å². The van der Waals surface area contributed by atoms with Gasteiger partial charge in [0.2, 0.25) is 5.95 Å². The van der Waals surface area contributed by atoms with E-state index in [2.05, 4.69) is 36.4 Å². The van der Waals surface area contributed by atoms with E-state index in [4.69, 9.17) is 23.2 Å². The van der Waals surface area contributed by atoms with Crippen molar-refractivity contribution in [3.8, 4) is 0 Å². The van der Waals surface area contributed by atoms with Crippen LogP contribution in [0.15, 0.2) is 35.2 Å². The summed E-state index contributed by atoms with van der Waals surface area (Å²) in [6.45, 7) is 2.93. The van der Waals surface area contributed by atoms with Crippen LogP contribution in [-0.2, 0) is 13.1 Å². The minimum absolute atomic E-state index is 0.209. The number of hydrogen-bond donors (Lipinski definition) is 1. The van der Waals surface area contributed by atoms with E-state index >= 15 is 0 Å². The molecule has 1 N–H and O–H groups in total. The fourth-order valence-electron chi connectivity index (χ4n) is 2.24. The molecule has 0 bridgehead atoms. The van der Waals surface area contributed by atoms with Gasteiger partial charge in [0.15, 0.2) is 0 Å². The Labute approximate surface area is 162 Å². The van der Waals surface area contributed by atoms with Crippen LogP contribution in [0.3, 0.4) is 0 Å². The number of hydrogen-bond acceptors (Lipinski definition) is 4. The molecular weight excluding hydrogens is 431 g/mol. The molecule has 2 heterocycles. The Bertz CT molecular complexity index is 923. The van der Waals surface area contributed by atoms with Crippen LogP contribution in [0.5, 0.6) is 0 Å². The monoisotopic (exact) mass is 442 g/mol. The zero-order chi connectivity index (χ0) is 18.0. The second-order valence-corrected chi connectivity index (χ2v) is 6.79. The van der Waals surface area contributed by atoms with Crippen molar-refractivity contribution in [3.05, 3.63) is 56.5 Å². The van der Waals surface area contributed by atoms with Crippen LogP contribution in [0.2, 0.25) is 10.0 Å². The number of amides is 1. The molecule has 0 saturated heterocycles. The van der Waals surface area contributed by atoms with Crippen molar-refractivity contribution < 1.29 is 4.79 Å². The highest BCUT2D eigenvalue weighted by molar-refractivity contribution is 9.10. The molecule has 0 aliphatic heterocycles. The standard InChI is InChI=1S/C15H13BrCl2N6O/c1-2-24-13(10(16)6-20-24)14(25)21-15-19-8-23(22-15)7-9-3-4-11(17)12(18)5-9/h3-6,8H,2,7H2,1H3,(H,21,22,25). The minimum atomic E-state index is -0.335. The number of halogens is 3. The number of nitrogens with zero attached hydrogens (tertiary/aromatic N) is 5. The van der Waals surface area contributed by atoms with Crippen molar-refractivity contribution in [1.29, 1.82) is 0 Å². The lowest BCUT2D eigenvalue weighted by Crippen LogP contribution is -2.19. The van der Waals surface area contributed by atoms with Gasteiger partial charge in [0, 0.05) is 6.54 Å². The second-order valence-electron chi connectivity index (χ2n) is 5.13. The molecule has 10 heteroatoms. The molecule has 1 amide bonds. The Morgan fingerprint density at radius 3 is 2.84 bits per heavy atom. The zero-order valence-electron chi connectivity index (χ0n) is 13.1. The Morgan fingerprint density at radius 1 is 1.32 bits per heavy atom. The first-order valence-electron chi connectivity index (χ1n) is 7.34. The van der Waals surface area contributed by atoms with E-state index in [0.29, 0.717) is 33.3 Å². The summed E-state index contributed by atoms with van der Waals surface area (Å²) in [7, 11) is 0. The molecule has 0 fully saturated rings. The number of nitrogens with one attached hydrogen (secondary N) is 1. The molecule has 0 atom stereocenters. The van der Waals surface area contributed by atoms with Gasteiger partial charge in [-0.05, 0) is 40.5 Å². The molecule has 2 aromatic heterocycles. The SMILES string of the molecule is CCn1ncc(Br)c1C(=O)Nc1ncn(Cc2ccc(Cl)c(Cl)c2)n1. The largest absolute Gasteiger partial charge is 0.288 e. The van der Waals surface area contributed by atoms with Crippen molar-refractivity contribution >= 4 is 51.0 Å². The van der Waals surface area contributed by atoms with Gasteiger partial charge in [-0.3, -0.25) is 14.8 Å². The van der Waals surface area contributed by atoms with Gasteiger partial charge in [0.1, 0.15) is 12.0 Å². The first kappa shape index (κ1) is 17.9. The van der Waals surface area contributed by atoms with Gasteiger partial charge in [0.05, 0.1) is 27.3 Å². The normalized spacial score (nSPS) is 10.9. The number of rotatable bonds is 5. The molecule has 0 aliphatic carbocycles. The van der Waals surface area contributed by atoms with Crippen LogP contribution in [0, 0.1) is 0 Å². The third kappa shape index (κ3) is 4.02. The Balaban J connectivity index is 1.72. The molecule has 25 heavy (non-hydrogen) atoms. The molecule has 3 aromatic rings. The van der Waals surface area contributed by atoms with E-state index in [1.807, 2.05) is 13.0 Å². The zero-order valence-corrected chi connectivity index (χ0v) is 16.2. The van der Waals surface area contributed by atoms with E-state index in [1.54, 1.807) is 27.7 Å². The third-order valence-corrected chi connectivity index (χ3v) is 4.72. The summed E-state index contributed by atoms with van der Waals surface area (Å²) < 4.78 is 3.80. The van der Waals surface area contributed by atoms with E-state index < -0.39 is 0 Å². The predicted molar refractivity (Wildman–Crippen MR) is 99.1 cm³/mol. The van der Waals surface area contributed by atoms with E-state index in [0.717, 1.165) is 5.56 Å². The summed E-state index contributed by atoms with van der Waals surface area (Å²) in [5.41, 5.74) is 1.34. The van der Waals surface area contributed by atoms with Gasteiger partial charge >= 0.3 is 0 Å². The molecule has 130 valence electrons. The third-order valence-electron chi connectivity index (χ3n) is 3.40. The van der Waals surface area contributed by atoms with E-state index in [9.17, 15) is 4.79 Å². The summed E-state index contributed by atoms with van der Waals surface area (Å²) in [5, 5.41) is 12.0. The van der Waals surface area contributed by atoms with Crippen LogP contribution in [0.25, 0.3) is 0 Å². The summed E-state index contributed by atoms with van der Waals surface area (Å²) in [6, 6.07) is 5.34. The Hall–Kier alpha value is -1.90. The van der Waals surface area contributed by atoms with Crippen LogP contribution in [-0.4, -0.2) is 30.5 Å². The maximum absolute atomic E-state index is 12.4. The quantitative estimate of drug-likeness (QED) is 0.649. The molecule has 1 aromatic carbocycles. The number of aromatic nitrogens is 5. The lowest BCUT2D eigenvalue weighted by molar-refractivity contribution is 0.101. The van der Waals surface area contributed by atoms with Crippen LogP contribution in [0.1, 0.15) is 23.0 Å². The van der Waals surface area contributed by atoms with Gasteiger partial charge in [-0.1, -0.05) is 29.3 Å². The van der Waals surface area contributed by atoms with Crippen LogP contribution >= 0.6 is 39.1 Å². The van der Waals surface area contributed by atoms with Crippen molar-refractivity contribution in [3.63, 3.8) is 0 Å². The van der Waals surface area contributed by atoms with Gasteiger partial charge in [-0.2, -0.15) is 5.10 Å². The van der Waals surface area contributed by atoms with E-state index in [1.165, 1.54) is 6.33 Å². The van der Waals surface area contributed by atoms with Gasteiger partial charge in [-0.15, -0.1) is 5.10 Å². The minimum Gasteiger partial charge on any atom is -0.288 e. The first-order valence-corrected chi connectivity index (χ1v) is 8.89. The number of aryl methyl sites for hydroxylation is 1. The highest BCUT2D eigenvalue weighted by Gasteiger charge is 2.18. The molecule has 3 rings (SSSR count). The lowest BCUT2D eigenvalue weighted by atomic mass is 10.2. The summed E-state index contributed by atoms with van der Waals surface area (Å²) in [4.78, 5) is 16.5. The number of benzene rings is 1. The van der Waals surface area contributed by atoms with Gasteiger partial charge in [0.25, 0.3) is 5.91 Å². The van der Waals surface area contributed by atoms with Crippen molar-refractivity contribution in [2.75, 3.05) is 5.32 Å². The molecule has 7 nitrogen and oxygen atoms in total. The number of carbonyl (C=O) groups is 1. The topological polar surface area (TPSA) is 77.6 Å². The average molecular weight is 444 g/mol. The number of carbonyl (C=O) groups excluding carboxylic acids is 1. The predicted octanol–water partition coefficient (Wildman–Crippen LogP) is 3.86. The fourth-order valence-corrected chi connectivity index (χ4v) is 3.04. The second kappa shape index (κ2) is 7.55. The molecule has 0 spiro atoms. The maximum atomic E-state index is 12.4. The highest BCUT2D eigenvalue weighted by atomic mass is 79.9. The fraction of sp³-hybridized carbons (Fsp3) is 0.200. The summed E-state index contributed by atoms with van der Waals surface area (Å²) in [6.07, 6.45) is 3.11. The van der Waals surface area contributed by atoms with Crippen molar-refractivity contribution in [2.24, 2.45) is 0 Å². The molecular formula is C15H13BrCl2N6O. The molecule has 0 unspecified atom stereocenters. The van der Waals surface area contributed by atoms with E-state index in [-0.39, 0.29) is 11.9 Å². The molecule has 0 saturated carbocycles. The molecule has 0 aliphatic rings. The summed E-state index contributed by atoms with van der Waals surface area (Å²) in [5.74, 6) is -0.126. The summed E-state index contributed by atoms with van der Waals surface area (Å²) >= 11 is 15.2. The highest BCUT2D eigenvalue weighted by Crippen LogP contribution is 2.23. The Morgan fingerprint density at radius 2 is 2.12 bits per heavy atom. The molecule has 0 radical (unpaired) electrons.